The topological polar surface area (TPSA) is 98.7 Å². The van der Waals surface area contributed by atoms with Crippen LogP contribution >= 0.6 is 11.8 Å². The predicted molar refractivity (Wildman–Crippen MR) is 130 cm³/mol. The van der Waals surface area contributed by atoms with Gasteiger partial charge in [-0.25, -0.2) is 0 Å². The molecule has 3 aliphatic heterocycles. The number of benzene rings is 1. The number of thioether (sulfide) groups is 1. The zero-order chi connectivity index (χ0) is 23.8. The lowest BCUT2D eigenvalue weighted by molar-refractivity contribution is -0.142. The van der Waals surface area contributed by atoms with Crippen molar-refractivity contribution < 1.29 is 19.5 Å². The predicted octanol–water partition coefficient (Wildman–Crippen LogP) is 2.65. The number of aliphatic hydroxyl groups excluding tert-OH is 1. The van der Waals surface area contributed by atoms with Gasteiger partial charge in [0.05, 0.1) is 29.2 Å². The number of hydrogen-bond donors (Lipinski definition) is 3. The minimum Gasteiger partial charge on any atom is -0.394 e. The number of nitrogens with zero attached hydrogens (tertiary/aromatic N) is 1. The number of nitrogens with one attached hydrogen (secondary N) is 2. The molecule has 3 amide bonds. The summed E-state index contributed by atoms with van der Waals surface area (Å²) >= 11 is 1.66. The van der Waals surface area contributed by atoms with Crippen molar-refractivity contribution in [2.24, 2.45) is 17.8 Å². The third-order valence-corrected chi connectivity index (χ3v) is 9.76. The first kappa shape index (κ1) is 24.1. The fourth-order valence-corrected chi connectivity index (χ4v) is 8.51. The second-order valence-electron chi connectivity index (χ2n) is 9.54. The summed E-state index contributed by atoms with van der Waals surface area (Å²) in [7, 11) is 0. The molecule has 7 atom stereocenters. The maximum Gasteiger partial charge on any atom is 0.244 e. The van der Waals surface area contributed by atoms with Crippen LogP contribution in [-0.4, -0.2) is 63.0 Å². The summed E-state index contributed by atoms with van der Waals surface area (Å²) in [4.78, 5) is 42.6. The fourth-order valence-electron chi connectivity index (χ4n) is 6.10. The quantitative estimate of drug-likeness (QED) is 0.479. The zero-order valence-electron chi connectivity index (χ0n) is 19.6. The summed E-state index contributed by atoms with van der Waals surface area (Å²) in [5, 5.41) is 16.1. The monoisotopic (exact) mass is 473 g/mol. The van der Waals surface area contributed by atoms with E-state index in [1.165, 1.54) is 0 Å². The molecule has 3 N–H and O–H groups in total. The molecule has 3 aliphatic rings. The Morgan fingerprint density at radius 2 is 1.97 bits per heavy atom. The van der Waals surface area contributed by atoms with Crippen LogP contribution in [-0.2, 0) is 14.4 Å². The fraction of sp³-hybridized carbons (Fsp3) is 0.640. The maximum absolute atomic E-state index is 13.9. The maximum atomic E-state index is 13.9. The number of likely N-dealkylation sites (tertiary alicyclic amines) is 1. The largest absolute Gasteiger partial charge is 0.394 e. The number of unbranched alkanes of at least 4 members (excludes halogenated alkanes) is 1. The van der Waals surface area contributed by atoms with Crippen molar-refractivity contribution in [3.05, 3.63) is 30.3 Å². The molecule has 0 aliphatic carbocycles. The van der Waals surface area contributed by atoms with Crippen LogP contribution in [0.15, 0.2) is 30.3 Å². The van der Waals surface area contributed by atoms with E-state index in [1.54, 1.807) is 16.7 Å². The van der Waals surface area contributed by atoms with Gasteiger partial charge in [-0.05, 0) is 37.3 Å². The molecule has 3 heterocycles. The Balaban J connectivity index is 1.70. The van der Waals surface area contributed by atoms with Gasteiger partial charge in [0, 0.05) is 17.5 Å². The minimum atomic E-state index is -0.677. The molecule has 3 unspecified atom stereocenters. The molecular weight excluding hydrogens is 438 g/mol. The molecule has 1 aromatic carbocycles. The third kappa shape index (κ3) is 3.85. The van der Waals surface area contributed by atoms with E-state index in [9.17, 15) is 19.5 Å². The average Bonchev–Trinajstić information content (AvgIpc) is 3.40. The van der Waals surface area contributed by atoms with Crippen LogP contribution in [0.25, 0.3) is 0 Å². The Kier molecular flexibility index (Phi) is 7.05. The van der Waals surface area contributed by atoms with Gasteiger partial charge in [-0.15, -0.1) is 11.8 Å². The SMILES string of the molecule is CCCCNC(=O)C1N([C@@H](CC)CO)C(=O)[C@@H]2[C@@H](C(=O)Nc3ccccc3)[C@H]3CC(C)C12S3. The highest BCUT2D eigenvalue weighted by molar-refractivity contribution is 8.02. The second kappa shape index (κ2) is 9.66. The van der Waals surface area contributed by atoms with Gasteiger partial charge in [0.1, 0.15) is 6.04 Å². The van der Waals surface area contributed by atoms with Gasteiger partial charge >= 0.3 is 0 Å². The van der Waals surface area contributed by atoms with E-state index < -0.39 is 28.7 Å². The lowest BCUT2D eigenvalue weighted by Crippen LogP contribution is -2.58. The van der Waals surface area contributed by atoms with E-state index in [2.05, 4.69) is 24.5 Å². The van der Waals surface area contributed by atoms with Crippen molar-refractivity contribution in [3.8, 4) is 0 Å². The van der Waals surface area contributed by atoms with Crippen LogP contribution in [0.2, 0.25) is 0 Å². The molecule has 7 nitrogen and oxygen atoms in total. The summed E-state index contributed by atoms with van der Waals surface area (Å²) in [6.45, 7) is 6.45. The molecule has 1 spiro atoms. The van der Waals surface area contributed by atoms with Crippen molar-refractivity contribution in [1.29, 1.82) is 0 Å². The molecule has 8 heteroatoms. The standard InChI is InChI=1S/C25H35N3O4S/c1-4-6-12-26-23(31)21-25-15(3)13-18(33-25)19(22(30)27-16-10-8-7-9-11-16)20(25)24(32)28(21)17(5-2)14-29/h7-11,15,17-21,29H,4-6,12-14H2,1-3H3,(H,26,31)(H,27,30)/t15?,17-,18+,19-,20-,21?,25?/m0/s1. The third-order valence-electron chi connectivity index (χ3n) is 7.68. The Bertz CT molecular complexity index is 893. The molecular formula is C25H35N3O4S. The lowest BCUT2D eigenvalue weighted by Gasteiger charge is -2.40. The van der Waals surface area contributed by atoms with Gasteiger partial charge in [0.25, 0.3) is 0 Å². The van der Waals surface area contributed by atoms with E-state index >= 15 is 0 Å². The van der Waals surface area contributed by atoms with Gasteiger partial charge in [-0.3, -0.25) is 14.4 Å². The van der Waals surface area contributed by atoms with Crippen LogP contribution in [0.1, 0.15) is 46.5 Å². The van der Waals surface area contributed by atoms with E-state index in [-0.39, 0.29) is 35.5 Å². The first-order valence-electron chi connectivity index (χ1n) is 12.1. The van der Waals surface area contributed by atoms with Crippen molar-refractivity contribution in [2.45, 2.75) is 68.5 Å². The molecule has 2 bridgehead atoms. The van der Waals surface area contributed by atoms with Crippen LogP contribution in [0, 0.1) is 17.8 Å². The molecule has 0 aromatic heterocycles. The van der Waals surface area contributed by atoms with Crippen molar-refractivity contribution in [3.63, 3.8) is 0 Å². The Morgan fingerprint density at radius 1 is 1.24 bits per heavy atom. The minimum absolute atomic E-state index is 0.0000397. The number of aliphatic hydroxyl groups is 1. The normalized spacial score (nSPS) is 33.2. The number of hydrogen-bond acceptors (Lipinski definition) is 5. The molecule has 3 fully saturated rings. The van der Waals surface area contributed by atoms with Crippen LogP contribution in [0.4, 0.5) is 5.69 Å². The summed E-state index contributed by atoms with van der Waals surface area (Å²) in [6.07, 6.45) is 3.18. The average molecular weight is 474 g/mol. The van der Waals surface area contributed by atoms with Crippen LogP contribution in [0.3, 0.4) is 0 Å². The van der Waals surface area contributed by atoms with E-state index in [0.29, 0.717) is 18.7 Å². The number of fused-ring (bicyclic) bond motifs is 1. The number of carbonyl (C=O) groups is 3. The first-order chi connectivity index (χ1) is 15.9. The molecule has 3 saturated heterocycles. The number of anilines is 1. The van der Waals surface area contributed by atoms with Crippen LogP contribution < -0.4 is 10.6 Å². The first-order valence-corrected chi connectivity index (χ1v) is 13.0. The van der Waals surface area contributed by atoms with Crippen molar-refractivity contribution >= 4 is 35.2 Å². The summed E-state index contributed by atoms with van der Waals surface area (Å²) < 4.78 is -0.653. The van der Waals surface area contributed by atoms with E-state index in [0.717, 1.165) is 19.3 Å². The number of carbonyl (C=O) groups excluding carboxylic acids is 3. The molecule has 1 aromatic rings. The molecule has 0 saturated carbocycles. The van der Waals surface area contributed by atoms with Gasteiger partial charge < -0.3 is 20.6 Å². The van der Waals surface area contributed by atoms with Crippen molar-refractivity contribution in [1.82, 2.24) is 10.2 Å². The lowest BCUT2D eigenvalue weighted by atomic mass is 9.66. The highest BCUT2D eigenvalue weighted by Crippen LogP contribution is 2.68. The van der Waals surface area contributed by atoms with Gasteiger partial charge in [-0.1, -0.05) is 45.4 Å². The smallest absolute Gasteiger partial charge is 0.244 e. The van der Waals surface area contributed by atoms with E-state index in [4.69, 9.17) is 0 Å². The summed E-state index contributed by atoms with van der Waals surface area (Å²) in [5.74, 6) is -1.43. The summed E-state index contributed by atoms with van der Waals surface area (Å²) in [5.41, 5.74) is 0.704. The Hall–Kier alpha value is -2.06. The molecule has 180 valence electrons. The van der Waals surface area contributed by atoms with Gasteiger partial charge in [-0.2, -0.15) is 0 Å². The van der Waals surface area contributed by atoms with Crippen molar-refractivity contribution in [2.75, 3.05) is 18.5 Å². The molecule has 4 rings (SSSR count). The van der Waals surface area contributed by atoms with Gasteiger partial charge in [0.15, 0.2) is 0 Å². The molecule has 33 heavy (non-hydrogen) atoms. The second-order valence-corrected chi connectivity index (χ2v) is 11.1. The molecule has 0 radical (unpaired) electrons. The van der Waals surface area contributed by atoms with E-state index in [1.807, 2.05) is 37.3 Å². The zero-order valence-corrected chi connectivity index (χ0v) is 20.4. The Labute approximate surface area is 200 Å². The summed E-state index contributed by atoms with van der Waals surface area (Å²) in [6, 6.07) is 8.17. The highest BCUT2D eigenvalue weighted by Gasteiger charge is 2.76. The van der Waals surface area contributed by atoms with Crippen LogP contribution in [0.5, 0.6) is 0 Å². The number of para-hydroxylation sites is 1. The highest BCUT2D eigenvalue weighted by atomic mass is 32.2. The van der Waals surface area contributed by atoms with Gasteiger partial charge in [0.2, 0.25) is 17.7 Å². The number of amides is 3. The Morgan fingerprint density at radius 3 is 2.61 bits per heavy atom. The number of rotatable bonds is 9.